The van der Waals surface area contributed by atoms with Crippen LogP contribution in [0.15, 0.2) is 42.7 Å². The van der Waals surface area contributed by atoms with Crippen LogP contribution >= 0.6 is 0 Å². The van der Waals surface area contributed by atoms with Gasteiger partial charge in [0, 0.05) is 18.0 Å². The zero-order valence-electron chi connectivity index (χ0n) is 21.7. The molecule has 0 amide bonds. The predicted molar refractivity (Wildman–Crippen MR) is 140 cm³/mol. The third-order valence-corrected chi connectivity index (χ3v) is 6.21. The van der Waals surface area contributed by atoms with Gasteiger partial charge in [-0.05, 0) is 42.0 Å². The molecular formula is C28H39N5O3. The van der Waals surface area contributed by atoms with Crippen LogP contribution in [0.1, 0.15) is 94.3 Å². The van der Waals surface area contributed by atoms with E-state index in [2.05, 4.69) is 27.3 Å². The van der Waals surface area contributed by atoms with Gasteiger partial charge in [0.05, 0.1) is 19.2 Å². The molecule has 1 aromatic carbocycles. The van der Waals surface area contributed by atoms with E-state index in [0.29, 0.717) is 22.9 Å². The van der Waals surface area contributed by atoms with Gasteiger partial charge in [0.2, 0.25) is 5.82 Å². The molecule has 3 rings (SSSR count). The topological polar surface area (TPSA) is 92.0 Å². The SMILES string of the molecule is CCCCCCCCCCCCCCn1nnc(-c2ccc(OC(=O)c3ccncc3)c(OC)c2)n1. The fraction of sp³-hybridized carbons (Fsp3) is 0.536. The molecule has 194 valence electrons. The van der Waals surface area contributed by atoms with Crippen LogP contribution in [0, 0.1) is 0 Å². The van der Waals surface area contributed by atoms with Gasteiger partial charge in [-0.15, -0.1) is 10.2 Å². The Morgan fingerprint density at radius 1 is 0.833 bits per heavy atom. The van der Waals surface area contributed by atoms with Crippen LogP contribution in [0.5, 0.6) is 11.5 Å². The molecule has 0 N–H and O–H groups in total. The van der Waals surface area contributed by atoms with Gasteiger partial charge in [-0.2, -0.15) is 4.80 Å². The standard InChI is InChI=1S/C28H39N5O3/c1-3-4-5-6-7-8-9-10-11-12-13-14-21-33-31-27(30-32-33)24-15-16-25(26(22-24)35-2)36-28(34)23-17-19-29-20-18-23/h15-20,22H,3-14,21H2,1-2H3. The first-order valence-electron chi connectivity index (χ1n) is 13.3. The van der Waals surface area contributed by atoms with Crippen LogP contribution < -0.4 is 9.47 Å². The second-order valence-electron chi connectivity index (χ2n) is 9.09. The van der Waals surface area contributed by atoms with Gasteiger partial charge in [0.15, 0.2) is 11.5 Å². The van der Waals surface area contributed by atoms with E-state index in [1.54, 1.807) is 47.5 Å². The van der Waals surface area contributed by atoms with Crippen molar-refractivity contribution in [2.45, 2.75) is 90.5 Å². The molecule has 0 aliphatic carbocycles. The van der Waals surface area contributed by atoms with Gasteiger partial charge in [-0.1, -0.05) is 77.6 Å². The van der Waals surface area contributed by atoms with Crippen molar-refractivity contribution in [3.05, 3.63) is 48.3 Å². The van der Waals surface area contributed by atoms with Gasteiger partial charge in [-0.25, -0.2) is 4.79 Å². The van der Waals surface area contributed by atoms with Crippen molar-refractivity contribution < 1.29 is 14.3 Å². The average Bonchev–Trinajstić information content (AvgIpc) is 3.39. The molecule has 0 unspecified atom stereocenters. The molecule has 36 heavy (non-hydrogen) atoms. The second-order valence-corrected chi connectivity index (χ2v) is 9.09. The Hall–Kier alpha value is -3.29. The van der Waals surface area contributed by atoms with Crippen molar-refractivity contribution >= 4 is 5.97 Å². The monoisotopic (exact) mass is 493 g/mol. The lowest BCUT2D eigenvalue weighted by atomic mass is 10.1. The number of ether oxygens (including phenoxy) is 2. The Balaban J connectivity index is 1.39. The zero-order chi connectivity index (χ0) is 25.4. The third kappa shape index (κ3) is 9.06. The first-order chi connectivity index (χ1) is 17.7. The van der Waals surface area contributed by atoms with Crippen LogP contribution in [0.3, 0.4) is 0 Å². The number of hydrogen-bond donors (Lipinski definition) is 0. The number of pyridine rings is 1. The Kier molecular flexibility index (Phi) is 11.9. The normalized spacial score (nSPS) is 10.9. The summed E-state index contributed by atoms with van der Waals surface area (Å²) in [5.41, 5.74) is 1.16. The van der Waals surface area contributed by atoms with E-state index in [-0.39, 0.29) is 0 Å². The summed E-state index contributed by atoms with van der Waals surface area (Å²) in [6.45, 7) is 3.02. The highest BCUT2D eigenvalue weighted by atomic mass is 16.6. The zero-order valence-corrected chi connectivity index (χ0v) is 21.7. The Morgan fingerprint density at radius 3 is 2.11 bits per heavy atom. The molecular weight excluding hydrogens is 454 g/mol. The average molecular weight is 494 g/mol. The molecule has 0 aliphatic heterocycles. The first kappa shape index (κ1) is 27.3. The minimum atomic E-state index is -0.477. The maximum Gasteiger partial charge on any atom is 0.343 e. The van der Waals surface area contributed by atoms with E-state index >= 15 is 0 Å². The van der Waals surface area contributed by atoms with E-state index in [0.717, 1.165) is 18.5 Å². The molecule has 0 bridgehead atoms. The third-order valence-electron chi connectivity index (χ3n) is 6.21. The van der Waals surface area contributed by atoms with Gasteiger partial charge in [-0.3, -0.25) is 4.98 Å². The van der Waals surface area contributed by atoms with E-state index in [9.17, 15) is 4.79 Å². The molecule has 0 saturated carbocycles. The van der Waals surface area contributed by atoms with Crippen LogP contribution in [0.4, 0.5) is 0 Å². The van der Waals surface area contributed by atoms with Gasteiger partial charge >= 0.3 is 5.97 Å². The number of hydrogen-bond acceptors (Lipinski definition) is 7. The maximum atomic E-state index is 12.4. The van der Waals surface area contributed by atoms with Crippen LogP contribution in [-0.2, 0) is 6.54 Å². The lowest BCUT2D eigenvalue weighted by Crippen LogP contribution is -2.09. The molecule has 0 radical (unpaired) electrons. The number of methoxy groups -OCH3 is 1. The number of carbonyl (C=O) groups is 1. The second kappa shape index (κ2) is 15.7. The summed E-state index contributed by atoms with van der Waals surface area (Å²) >= 11 is 0. The molecule has 0 saturated heterocycles. The summed E-state index contributed by atoms with van der Waals surface area (Å²) < 4.78 is 10.9. The Bertz CT molecular complexity index is 1040. The highest BCUT2D eigenvalue weighted by Gasteiger charge is 2.15. The van der Waals surface area contributed by atoms with E-state index in [1.807, 2.05) is 0 Å². The molecule has 0 fully saturated rings. The lowest BCUT2D eigenvalue weighted by molar-refractivity contribution is 0.0729. The molecule has 3 aromatic rings. The van der Waals surface area contributed by atoms with E-state index in [4.69, 9.17) is 9.47 Å². The van der Waals surface area contributed by atoms with Gasteiger partial charge < -0.3 is 9.47 Å². The van der Waals surface area contributed by atoms with E-state index in [1.165, 1.54) is 77.7 Å². The van der Waals surface area contributed by atoms with E-state index < -0.39 is 5.97 Å². The fourth-order valence-corrected chi connectivity index (χ4v) is 4.09. The van der Waals surface area contributed by atoms with Crippen molar-refractivity contribution in [1.29, 1.82) is 0 Å². The number of benzene rings is 1. The number of rotatable bonds is 17. The number of nitrogens with zero attached hydrogens (tertiary/aromatic N) is 5. The number of esters is 1. The number of unbranched alkanes of at least 4 members (excludes halogenated alkanes) is 11. The summed E-state index contributed by atoms with van der Waals surface area (Å²) in [6, 6.07) is 8.42. The molecule has 0 atom stereocenters. The number of aryl methyl sites for hydroxylation is 1. The summed E-state index contributed by atoms with van der Waals surface area (Å²) in [5, 5.41) is 12.9. The number of aromatic nitrogens is 5. The van der Waals surface area contributed by atoms with Gasteiger partial charge in [0.25, 0.3) is 0 Å². The van der Waals surface area contributed by atoms with Crippen molar-refractivity contribution in [3.63, 3.8) is 0 Å². The van der Waals surface area contributed by atoms with Crippen molar-refractivity contribution in [2.75, 3.05) is 7.11 Å². The molecule has 8 heteroatoms. The highest BCUT2D eigenvalue weighted by Crippen LogP contribution is 2.31. The number of carbonyl (C=O) groups excluding carboxylic acids is 1. The Morgan fingerprint density at radius 2 is 1.47 bits per heavy atom. The molecule has 2 aromatic heterocycles. The summed E-state index contributed by atoms with van der Waals surface area (Å²) in [5.74, 6) is 0.785. The largest absolute Gasteiger partial charge is 0.493 e. The first-order valence-corrected chi connectivity index (χ1v) is 13.3. The molecule has 8 nitrogen and oxygen atoms in total. The maximum absolute atomic E-state index is 12.4. The van der Waals surface area contributed by atoms with Crippen LogP contribution in [-0.4, -0.2) is 38.3 Å². The van der Waals surface area contributed by atoms with Crippen molar-refractivity contribution in [3.8, 4) is 22.9 Å². The minimum absolute atomic E-state index is 0.326. The molecule has 0 aliphatic rings. The number of tetrazole rings is 1. The highest BCUT2D eigenvalue weighted by molar-refractivity contribution is 5.91. The molecule has 2 heterocycles. The smallest absolute Gasteiger partial charge is 0.343 e. The summed E-state index contributed by atoms with van der Waals surface area (Å²) in [6.07, 6.45) is 18.9. The van der Waals surface area contributed by atoms with Crippen molar-refractivity contribution in [2.24, 2.45) is 0 Å². The Labute approximate surface area is 214 Å². The van der Waals surface area contributed by atoms with Crippen LogP contribution in [0.2, 0.25) is 0 Å². The summed E-state index contributed by atoms with van der Waals surface area (Å²) in [4.78, 5) is 17.9. The quantitative estimate of drug-likeness (QED) is 0.118. The summed E-state index contributed by atoms with van der Waals surface area (Å²) in [7, 11) is 1.53. The van der Waals surface area contributed by atoms with Crippen LogP contribution in [0.25, 0.3) is 11.4 Å². The lowest BCUT2D eigenvalue weighted by Gasteiger charge is -2.10. The predicted octanol–water partition coefficient (Wildman–Crippen LogP) is 6.66. The van der Waals surface area contributed by atoms with Gasteiger partial charge in [0.1, 0.15) is 0 Å². The molecule has 0 spiro atoms. The fourth-order valence-electron chi connectivity index (χ4n) is 4.09. The minimum Gasteiger partial charge on any atom is -0.493 e. The van der Waals surface area contributed by atoms with Crippen molar-refractivity contribution in [1.82, 2.24) is 25.2 Å².